The molecule has 0 bridgehead atoms. The molecule has 4 rings (SSSR count). The van der Waals surface area contributed by atoms with E-state index in [0.29, 0.717) is 17.2 Å². The van der Waals surface area contributed by atoms with E-state index < -0.39 is 5.97 Å². The number of nitrogens with one attached hydrogen (secondary N) is 1. The van der Waals surface area contributed by atoms with Crippen molar-refractivity contribution in [3.05, 3.63) is 53.0 Å². The molecule has 1 aliphatic carbocycles. The highest BCUT2D eigenvalue weighted by molar-refractivity contribution is 6.06. The smallest absolute Gasteiger partial charge is 0.325 e. The lowest BCUT2D eigenvalue weighted by Crippen LogP contribution is -2.23. The number of amides is 1. The molecule has 0 unspecified atom stereocenters. The van der Waals surface area contributed by atoms with Gasteiger partial charge in [0.2, 0.25) is 0 Å². The van der Waals surface area contributed by atoms with Crippen LogP contribution in [0.25, 0.3) is 10.9 Å². The monoisotopic (exact) mass is 365 g/mol. The molecule has 8 nitrogen and oxygen atoms in total. The van der Waals surface area contributed by atoms with Crippen molar-refractivity contribution in [2.45, 2.75) is 38.8 Å². The summed E-state index contributed by atoms with van der Waals surface area (Å²) in [5.74, 6) is -0.762. The molecule has 0 spiro atoms. The first-order valence-electron chi connectivity index (χ1n) is 8.80. The number of aromatic nitrogens is 4. The van der Waals surface area contributed by atoms with E-state index in [4.69, 9.17) is 10.1 Å². The first-order valence-corrected chi connectivity index (χ1v) is 8.80. The van der Waals surface area contributed by atoms with Crippen LogP contribution in [-0.2, 0) is 17.9 Å². The second kappa shape index (κ2) is 6.79. The molecule has 138 valence electrons. The minimum Gasteiger partial charge on any atom is -0.480 e. The largest absolute Gasteiger partial charge is 0.480 e. The Bertz CT molecular complexity index is 1040. The topological polar surface area (TPSA) is 110 Å². The molecule has 1 aliphatic rings. The molecule has 8 heteroatoms. The third-order valence-electron chi connectivity index (χ3n) is 4.54. The Morgan fingerprint density at radius 3 is 2.85 bits per heavy atom. The van der Waals surface area contributed by atoms with Gasteiger partial charge < -0.3 is 10.4 Å². The second-order valence-electron chi connectivity index (χ2n) is 6.87. The average Bonchev–Trinajstić information content (AvgIpc) is 3.39. The summed E-state index contributed by atoms with van der Waals surface area (Å²) in [5, 5.41) is 20.1. The molecular formula is C19H19N5O3. The van der Waals surface area contributed by atoms with Gasteiger partial charge in [-0.2, -0.15) is 0 Å². The number of fused-ring (bicyclic) bond motifs is 1. The molecule has 2 N–H and O–H groups in total. The maximum atomic E-state index is 12.8. The number of aryl methyl sites for hydroxylation is 1. The van der Waals surface area contributed by atoms with Crippen molar-refractivity contribution in [1.29, 1.82) is 0 Å². The highest BCUT2D eigenvalue weighted by Gasteiger charge is 2.27. The fourth-order valence-corrected chi connectivity index (χ4v) is 3.04. The van der Waals surface area contributed by atoms with Crippen LogP contribution in [-0.4, -0.2) is 37.0 Å². The van der Waals surface area contributed by atoms with Crippen molar-refractivity contribution in [2.75, 3.05) is 0 Å². The molecule has 0 aliphatic heterocycles. The molecule has 1 saturated carbocycles. The molecule has 0 atom stereocenters. The maximum absolute atomic E-state index is 12.8. The van der Waals surface area contributed by atoms with Gasteiger partial charge in [0.15, 0.2) is 0 Å². The normalized spacial score (nSPS) is 13.7. The number of carboxylic acids is 1. The van der Waals surface area contributed by atoms with Crippen LogP contribution < -0.4 is 5.32 Å². The number of benzene rings is 1. The van der Waals surface area contributed by atoms with Gasteiger partial charge in [0.05, 0.1) is 23.8 Å². The van der Waals surface area contributed by atoms with Crippen LogP contribution in [0.2, 0.25) is 0 Å². The molecule has 3 aromatic rings. The van der Waals surface area contributed by atoms with E-state index in [9.17, 15) is 9.59 Å². The quantitative estimate of drug-likeness (QED) is 0.692. The zero-order valence-corrected chi connectivity index (χ0v) is 14.8. The van der Waals surface area contributed by atoms with Crippen LogP contribution in [0.5, 0.6) is 0 Å². The SMILES string of the molecule is Cc1ccc2nc(C3CC3)cc(C(=O)NCc3cn(CC(=O)O)nn3)c2c1. The number of carbonyl (C=O) groups excluding carboxylic acids is 1. The van der Waals surface area contributed by atoms with Crippen molar-refractivity contribution in [3.63, 3.8) is 0 Å². The predicted octanol–water partition coefficient (Wildman–Crippen LogP) is 2.03. The van der Waals surface area contributed by atoms with E-state index in [1.54, 1.807) is 0 Å². The Morgan fingerprint density at radius 2 is 2.11 bits per heavy atom. The Hall–Kier alpha value is -3.29. The van der Waals surface area contributed by atoms with Gasteiger partial charge in [-0.15, -0.1) is 5.10 Å². The highest BCUT2D eigenvalue weighted by Crippen LogP contribution is 2.40. The second-order valence-corrected chi connectivity index (χ2v) is 6.87. The summed E-state index contributed by atoms with van der Waals surface area (Å²) in [6.45, 7) is 1.89. The van der Waals surface area contributed by atoms with E-state index in [1.807, 2.05) is 31.2 Å². The van der Waals surface area contributed by atoms with Crippen LogP contribution in [0.1, 0.15) is 46.1 Å². The number of nitrogens with zero attached hydrogens (tertiary/aromatic N) is 4. The summed E-state index contributed by atoms with van der Waals surface area (Å²) in [5.41, 5.74) is 3.95. The van der Waals surface area contributed by atoms with Crippen molar-refractivity contribution in [1.82, 2.24) is 25.3 Å². The lowest BCUT2D eigenvalue weighted by atomic mass is 10.0. The van der Waals surface area contributed by atoms with Gasteiger partial charge in [-0.25, -0.2) is 4.68 Å². The molecule has 2 heterocycles. The first-order chi connectivity index (χ1) is 13.0. The number of rotatable bonds is 6. The number of carbonyl (C=O) groups is 2. The van der Waals surface area contributed by atoms with E-state index in [1.165, 1.54) is 10.9 Å². The molecule has 0 radical (unpaired) electrons. The maximum Gasteiger partial charge on any atom is 0.325 e. The van der Waals surface area contributed by atoms with Crippen LogP contribution in [0.15, 0.2) is 30.5 Å². The number of carboxylic acid groups (broad SMARTS) is 1. The minimum absolute atomic E-state index is 0.173. The Labute approximate surface area is 155 Å². The average molecular weight is 365 g/mol. The zero-order valence-electron chi connectivity index (χ0n) is 14.8. The number of pyridine rings is 1. The molecule has 1 amide bonds. The summed E-state index contributed by atoms with van der Waals surface area (Å²) in [4.78, 5) is 28.3. The predicted molar refractivity (Wildman–Crippen MR) is 97.3 cm³/mol. The Balaban J connectivity index is 1.57. The summed E-state index contributed by atoms with van der Waals surface area (Å²) >= 11 is 0. The fourth-order valence-electron chi connectivity index (χ4n) is 3.04. The summed E-state index contributed by atoms with van der Waals surface area (Å²) in [6, 6.07) is 7.80. The number of aliphatic carboxylic acids is 1. The van der Waals surface area contributed by atoms with Crippen LogP contribution in [0.3, 0.4) is 0 Å². The van der Waals surface area contributed by atoms with E-state index in [2.05, 4.69) is 15.6 Å². The highest BCUT2D eigenvalue weighted by atomic mass is 16.4. The van der Waals surface area contributed by atoms with Gasteiger partial charge in [0.25, 0.3) is 5.91 Å². The molecule has 27 heavy (non-hydrogen) atoms. The van der Waals surface area contributed by atoms with Crippen LogP contribution >= 0.6 is 0 Å². The zero-order chi connectivity index (χ0) is 19.0. The summed E-state index contributed by atoms with van der Waals surface area (Å²) < 4.78 is 1.22. The molecule has 1 fully saturated rings. The lowest BCUT2D eigenvalue weighted by molar-refractivity contribution is -0.137. The third-order valence-corrected chi connectivity index (χ3v) is 4.54. The lowest BCUT2D eigenvalue weighted by Gasteiger charge is -2.10. The number of hydrogen-bond donors (Lipinski definition) is 2. The van der Waals surface area contributed by atoms with Crippen molar-refractivity contribution in [2.24, 2.45) is 0 Å². The van der Waals surface area contributed by atoms with Crippen molar-refractivity contribution >= 4 is 22.8 Å². The fraction of sp³-hybridized carbons (Fsp3) is 0.316. The summed E-state index contributed by atoms with van der Waals surface area (Å²) in [6.07, 6.45) is 3.73. The van der Waals surface area contributed by atoms with Gasteiger partial charge in [0.1, 0.15) is 12.2 Å². The van der Waals surface area contributed by atoms with Gasteiger partial charge >= 0.3 is 5.97 Å². The van der Waals surface area contributed by atoms with E-state index in [0.717, 1.165) is 35.0 Å². The van der Waals surface area contributed by atoms with Gasteiger partial charge in [0, 0.05) is 17.0 Å². The standard InChI is InChI=1S/C19H19N5O3/c1-11-2-5-16-14(6-11)15(7-17(21-16)12-3-4-12)19(27)20-8-13-9-24(23-22-13)10-18(25)26/h2,5-7,9,12H,3-4,8,10H2,1H3,(H,20,27)(H,25,26). The first kappa shape index (κ1) is 17.1. The van der Waals surface area contributed by atoms with Crippen molar-refractivity contribution < 1.29 is 14.7 Å². The van der Waals surface area contributed by atoms with E-state index in [-0.39, 0.29) is 19.0 Å². The van der Waals surface area contributed by atoms with E-state index >= 15 is 0 Å². The molecule has 2 aromatic heterocycles. The van der Waals surface area contributed by atoms with Gasteiger partial charge in [-0.05, 0) is 38.0 Å². The van der Waals surface area contributed by atoms with Gasteiger partial charge in [-0.1, -0.05) is 16.8 Å². The Morgan fingerprint density at radius 1 is 1.30 bits per heavy atom. The van der Waals surface area contributed by atoms with Crippen LogP contribution in [0.4, 0.5) is 0 Å². The minimum atomic E-state index is -0.998. The summed E-state index contributed by atoms with van der Waals surface area (Å²) in [7, 11) is 0. The molecule has 0 saturated heterocycles. The third kappa shape index (κ3) is 3.79. The molecular weight excluding hydrogens is 346 g/mol. The van der Waals surface area contributed by atoms with Crippen LogP contribution in [0, 0.1) is 6.92 Å². The number of hydrogen-bond acceptors (Lipinski definition) is 5. The Kier molecular flexibility index (Phi) is 4.31. The molecule has 1 aromatic carbocycles. The van der Waals surface area contributed by atoms with Crippen molar-refractivity contribution in [3.8, 4) is 0 Å². The van der Waals surface area contributed by atoms with Gasteiger partial charge in [-0.3, -0.25) is 14.6 Å².